The average Bonchev–Trinajstić information content (AvgIpc) is 2.89. The van der Waals surface area contributed by atoms with Crippen LogP contribution in [-0.4, -0.2) is 11.5 Å². The van der Waals surface area contributed by atoms with Crippen LogP contribution in [0.1, 0.15) is 22.9 Å². The molecule has 0 aliphatic heterocycles. The number of thiazole rings is 1. The van der Waals surface area contributed by atoms with E-state index in [9.17, 15) is 0 Å². The summed E-state index contributed by atoms with van der Waals surface area (Å²) in [7, 11) is 0. The molecule has 0 spiro atoms. The lowest BCUT2D eigenvalue weighted by atomic mass is 10.2. The molecule has 0 radical (unpaired) electrons. The molecule has 0 aliphatic rings. The van der Waals surface area contributed by atoms with Gasteiger partial charge in [0.2, 0.25) is 0 Å². The van der Waals surface area contributed by atoms with Crippen LogP contribution in [0.4, 0.5) is 0 Å². The Hall–Kier alpha value is -0.230. The Bertz CT molecular complexity index is 425. The first-order valence-electron chi connectivity index (χ1n) is 5.11. The van der Waals surface area contributed by atoms with E-state index in [1.807, 2.05) is 11.6 Å². The summed E-state index contributed by atoms with van der Waals surface area (Å²) in [6.07, 6.45) is 2.87. The highest BCUT2D eigenvalue weighted by Gasteiger charge is 2.07. The second kappa shape index (κ2) is 5.91. The number of thiophene rings is 1. The van der Waals surface area contributed by atoms with Crippen molar-refractivity contribution in [1.82, 2.24) is 10.3 Å². The maximum atomic E-state index is 4.26. The van der Waals surface area contributed by atoms with Gasteiger partial charge in [0.15, 0.2) is 0 Å². The lowest BCUT2D eigenvalue weighted by Crippen LogP contribution is -2.20. The standard InChI is InChI=1S/C11H13BrN2S2/c1-8(10-6-9(12)7-16-10)13-3-2-11-14-4-5-15-11/h4-8,13H,2-3H2,1H3. The lowest BCUT2D eigenvalue weighted by molar-refractivity contribution is 0.584. The highest BCUT2D eigenvalue weighted by atomic mass is 79.9. The molecule has 0 aliphatic carbocycles. The molecule has 1 atom stereocenters. The number of halogens is 1. The van der Waals surface area contributed by atoms with Gasteiger partial charge in [0.1, 0.15) is 0 Å². The van der Waals surface area contributed by atoms with Crippen molar-refractivity contribution in [2.24, 2.45) is 0 Å². The van der Waals surface area contributed by atoms with Gasteiger partial charge in [-0.3, -0.25) is 0 Å². The fourth-order valence-electron chi connectivity index (χ4n) is 1.43. The number of hydrogen-bond acceptors (Lipinski definition) is 4. The highest BCUT2D eigenvalue weighted by molar-refractivity contribution is 9.10. The molecule has 2 aromatic rings. The number of nitrogens with zero attached hydrogens (tertiary/aromatic N) is 1. The molecule has 0 aromatic carbocycles. The van der Waals surface area contributed by atoms with Crippen molar-refractivity contribution >= 4 is 38.6 Å². The van der Waals surface area contributed by atoms with Gasteiger partial charge >= 0.3 is 0 Å². The molecule has 2 nitrogen and oxygen atoms in total. The second-order valence-corrected chi connectivity index (χ2v) is 6.36. The van der Waals surface area contributed by atoms with Gasteiger partial charge in [-0.15, -0.1) is 22.7 Å². The van der Waals surface area contributed by atoms with Gasteiger partial charge in [-0.25, -0.2) is 4.98 Å². The van der Waals surface area contributed by atoms with Gasteiger partial charge in [-0.1, -0.05) is 0 Å². The Kier molecular flexibility index (Phi) is 4.52. The third-order valence-corrected chi connectivity index (χ3v) is 5.00. The van der Waals surface area contributed by atoms with Crippen LogP contribution in [0.3, 0.4) is 0 Å². The molecule has 2 aromatic heterocycles. The van der Waals surface area contributed by atoms with Crippen LogP contribution in [0, 0.1) is 0 Å². The number of rotatable bonds is 5. The van der Waals surface area contributed by atoms with Crippen LogP contribution >= 0.6 is 38.6 Å². The van der Waals surface area contributed by atoms with E-state index < -0.39 is 0 Å². The molecule has 0 fully saturated rings. The molecule has 5 heteroatoms. The monoisotopic (exact) mass is 316 g/mol. The topological polar surface area (TPSA) is 24.9 Å². The first-order valence-corrected chi connectivity index (χ1v) is 7.66. The van der Waals surface area contributed by atoms with Crippen molar-refractivity contribution in [3.05, 3.63) is 37.4 Å². The third kappa shape index (κ3) is 3.38. The Morgan fingerprint density at radius 1 is 1.50 bits per heavy atom. The molecule has 1 N–H and O–H groups in total. The first kappa shape index (κ1) is 12.2. The molecule has 2 heterocycles. The molecule has 0 saturated heterocycles. The molecule has 1 unspecified atom stereocenters. The van der Waals surface area contributed by atoms with Crippen LogP contribution in [0.5, 0.6) is 0 Å². The van der Waals surface area contributed by atoms with Gasteiger partial charge in [0.05, 0.1) is 5.01 Å². The zero-order valence-electron chi connectivity index (χ0n) is 8.94. The number of aromatic nitrogens is 1. The minimum Gasteiger partial charge on any atom is -0.309 e. The van der Waals surface area contributed by atoms with Crippen LogP contribution in [0.25, 0.3) is 0 Å². The largest absolute Gasteiger partial charge is 0.309 e. The smallest absolute Gasteiger partial charge is 0.0937 e. The molecule has 0 bridgehead atoms. The zero-order valence-corrected chi connectivity index (χ0v) is 12.2. The molecular formula is C11H13BrN2S2. The summed E-state index contributed by atoms with van der Waals surface area (Å²) >= 11 is 6.98. The quantitative estimate of drug-likeness (QED) is 0.906. The summed E-state index contributed by atoms with van der Waals surface area (Å²) in [6.45, 7) is 3.17. The minimum atomic E-state index is 0.413. The Morgan fingerprint density at radius 2 is 2.38 bits per heavy atom. The van der Waals surface area contributed by atoms with Crippen LogP contribution in [0.15, 0.2) is 27.5 Å². The summed E-state index contributed by atoms with van der Waals surface area (Å²) in [4.78, 5) is 5.63. The fourth-order valence-corrected chi connectivity index (χ4v) is 3.53. The normalized spacial score (nSPS) is 12.9. The van der Waals surface area contributed by atoms with Crippen LogP contribution < -0.4 is 5.32 Å². The van der Waals surface area contributed by atoms with Crippen molar-refractivity contribution in [3.8, 4) is 0 Å². The van der Waals surface area contributed by atoms with E-state index in [1.165, 1.54) is 14.4 Å². The molecule has 0 amide bonds. The van der Waals surface area contributed by atoms with E-state index in [4.69, 9.17) is 0 Å². The van der Waals surface area contributed by atoms with E-state index in [1.54, 1.807) is 22.7 Å². The van der Waals surface area contributed by atoms with Crippen molar-refractivity contribution in [1.29, 1.82) is 0 Å². The third-order valence-electron chi connectivity index (χ3n) is 2.29. The van der Waals surface area contributed by atoms with E-state index in [0.29, 0.717) is 6.04 Å². The maximum Gasteiger partial charge on any atom is 0.0937 e. The van der Waals surface area contributed by atoms with Crippen molar-refractivity contribution in [2.45, 2.75) is 19.4 Å². The molecule has 16 heavy (non-hydrogen) atoms. The van der Waals surface area contributed by atoms with Crippen molar-refractivity contribution in [3.63, 3.8) is 0 Å². The number of hydrogen-bond donors (Lipinski definition) is 1. The van der Waals surface area contributed by atoms with E-state index in [0.717, 1.165) is 13.0 Å². The Labute approximate surface area is 112 Å². The molecule has 2 rings (SSSR count). The molecule has 86 valence electrons. The predicted octanol–water partition coefficient (Wildman–Crippen LogP) is 3.86. The van der Waals surface area contributed by atoms with Crippen molar-refractivity contribution < 1.29 is 0 Å². The molecule has 0 saturated carbocycles. The average molecular weight is 317 g/mol. The predicted molar refractivity (Wildman–Crippen MR) is 74.3 cm³/mol. The minimum absolute atomic E-state index is 0.413. The van der Waals surface area contributed by atoms with E-state index in [2.05, 4.69) is 44.6 Å². The summed E-state index contributed by atoms with van der Waals surface area (Å²) in [5, 5.41) is 8.85. The molecular weight excluding hydrogens is 304 g/mol. The van der Waals surface area contributed by atoms with Gasteiger partial charge in [0.25, 0.3) is 0 Å². The van der Waals surface area contributed by atoms with E-state index >= 15 is 0 Å². The highest BCUT2D eigenvalue weighted by Crippen LogP contribution is 2.25. The van der Waals surface area contributed by atoms with Gasteiger partial charge < -0.3 is 5.32 Å². The van der Waals surface area contributed by atoms with Gasteiger partial charge in [0, 0.05) is 45.3 Å². The summed E-state index contributed by atoms with van der Waals surface area (Å²) < 4.78 is 1.17. The first-order chi connectivity index (χ1) is 7.75. The lowest BCUT2D eigenvalue weighted by Gasteiger charge is -2.10. The Balaban J connectivity index is 1.78. The van der Waals surface area contributed by atoms with Crippen LogP contribution in [0.2, 0.25) is 0 Å². The number of nitrogens with one attached hydrogen (secondary N) is 1. The van der Waals surface area contributed by atoms with Gasteiger partial charge in [-0.05, 0) is 28.9 Å². The zero-order chi connectivity index (χ0) is 11.4. The summed E-state index contributed by atoms with van der Waals surface area (Å²) in [5.74, 6) is 0. The maximum absolute atomic E-state index is 4.26. The SMILES string of the molecule is CC(NCCc1nccs1)c1cc(Br)cs1. The van der Waals surface area contributed by atoms with E-state index in [-0.39, 0.29) is 0 Å². The second-order valence-electron chi connectivity index (χ2n) is 3.52. The summed E-state index contributed by atoms with van der Waals surface area (Å²) in [6, 6.07) is 2.59. The fraction of sp³-hybridized carbons (Fsp3) is 0.364. The summed E-state index contributed by atoms with van der Waals surface area (Å²) in [5.41, 5.74) is 0. The van der Waals surface area contributed by atoms with Crippen LogP contribution in [-0.2, 0) is 6.42 Å². The van der Waals surface area contributed by atoms with Crippen molar-refractivity contribution in [2.75, 3.05) is 6.54 Å². The van der Waals surface area contributed by atoms with Gasteiger partial charge in [-0.2, -0.15) is 0 Å². The Morgan fingerprint density at radius 3 is 3.00 bits per heavy atom.